The molecule has 2 heteroatoms. The molecule has 2 nitrogen and oxygen atoms in total. The molecule has 0 saturated heterocycles. The number of Topliss-reactive ketones (excluding diaryl/α,β-unsaturated/α-hetero) is 1. The van der Waals surface area contributed by atoms with Gasteiger partial charge in [-0.3, -0.25) is 4.79 Å². The maximum atomic E-state index is 13.2. The zero-order valence-corrected chi connectivity index (χ0v) is 35.2. The van der Waals surface area contributed by atoms with Crippen molar-refractivity contribution in [3.63, 3.8) is 0 Å². The van der Waals surface area contributed by atoms with Crippen LogP contribution in [0.15, 0.2) is 200 Å². The molecule has 0 N–H and O–H groups in total. The van der Waals surface area contributed by atoms with Crippen LogP contribution in [0.25, 0.3) is 83.1 Å². The molecule has 1 aliphatic carbocycles. The number of para-hydroxylation sites is 2. The minimum Gasteiger partial charge on any atom is -0.309 e. The summed E-state index contributed by atoms with van der Waals surface area (Å²) < 4.78 is 2.36. The van der Waals surface area contributed by atoms with Gasteiger partial charge in [0.05, 0.1) is 11.0 Å². The van der Waals surface area contributed by atoms with E-state index in [0.29, 0.717) is 5.92 Å². The summed E-state index contributed by atoms with van der Waals surface area (Å²) in [6.45, 7) is 6.10. The van der Waals surface area contributed by atoms with E-state index in [9.17, 15) is 4.79 Å². The number of benzene rings is 9. The van der Waals surface area contributed by atoms with Crippen molar-refractivity contribution in [1.29, 1.82) is 0 Å². The van der Waals surface area contributed by atoms with Crippen LogP contribution in [0.2, 0.25) is 0 Å². The molecule has 10 aromatic rings. The second-order valence-electron chi connectivity index (χ2n) is 16.9. The second kappa shape index (κ2) is 15.2. The lowest BCUT2D eigenvalue weighted by Crippen LogP contribution is -2.12. The summed E-state index contributed by atoms with van der Waals surface area (Å²) in [4.78, 5) is 13.2. The first-order chi connectivity index (χ1) is 30.4. The predicted octanol–water partition coefficient (Wildman–Crippen LogP) is 15.6. The number of carbonyl (C=O) groups is 1. The first-order valence-corrected chi connectivity index (χ1v) is 21.6. The normalized spacial score (nSPS) is 13.2. The van der Waals surface area contributed by atoms with Crippen molar-refractivity contribution in [3.05, 3.63) is 234 Å². The number of fused-ring (bicyclic) bond motifs is 6. The quantitative estimate of drug-likeness (QED) is 0.147. The van der Waals surface area contributed by atoms with Crippen LogP contribution in [0.4, 0.5) is 0 Å². The fourth-order valence-corrected chi connectivity index (χ4v) is 10.1. The highest BCUT2D eigenvalue weighted by Gasteiger charge is 2.26. The molecule has 0 aliphatic heterocycles. The lowest BCUT2D eigenvalue weighted by molar-refractivity contribution is 0.101. The van der Waals surface area contributed by atoms with E-state index < -0.39 is 0 Å². The number of aromatic nitrogens is 1. The molecule has 0 amide bonds. The summed E-state index contributed by atoms with van der Waals surface area (Å²) in [7, 11) is 0. The average molecular weight is 796 g/mol. The number of hydrogen-bond donors (Lipinski definition) is 0. The molecule has 1 atom stereocenters. The number of hydrogen-bond acceptors (Lipinski definition) is 1. The van der Waals surface area contributed by atoms with E-state index in [1.54, 1.807) is 6.92 Å². The lowest BCUT2D eigenvalue weighted by atomic mass is 9.75. The third-order valence-electron chi connectivity index (χ3n) is 13.2. The molecule has 1 unspecified atom stereocenters. The largest absolute Gasteiger partial charge is 0.309 e. The fraction of sp³-hybridized carbons (Fsp3) is 0.0833. The van der Waals surface area contributed by atoms with E-state index in [1.807, 2.05) is 18.2 Å². The number of ketones is 1. The Morgan fingerprint density at radius 3 is 1.84 bits per heavy atom. The van der Waals surface area contributed by atoms with Gasteiger partial charge in [-0.2, -0.15) is 0 Å². The number of aryl methyl sites for hydroxylation is 1. The molecule has 1 aliphatic rings. The Bertz CT molecular complexity index is 3370. The van der Waals surface area contributed by atoms with Crippen LogP contribution in [0.5, 0.6) is 0 Å². The Morgan fingerprint density at radius 1 is 0.468 bits per heavy atom. The molecule has 0 fully saturated rings. The molecule has 1 heterocycles. The van der Waals surface area contributed by atoms with Crippen molar-refractivity contribution in [2.75, 3.05) is 0 Å². The van der Waals surface area contributed by atoms with Gasteiger partial charge in [-0.05, 0) is 165 Å². The van der Waals surface area contributed by atoms with Crippen LogP contribution in [-0.4, -0.2) is 10.4 Å². The van der Waals surface area contributed by atoms with Crippen LogP contribution in [0.3, 0.4) is 0 Å². The van der Waals surface area contributed by atoms with E-state index >= 15 is 0 Å². The van der Waals surface area contributed by atoms with Gasteiger partial charge in [0.2, 0.25) is 0 Å². The standard InChI is InChI=1S/C60H45NO/c1-38-26-27-42(43-28-29-45-35-56(41-16-6-4-7-17-41)50-22-12-13-23-51(50)57(45)33-43)32-53(38)55-37-46(36-54(39(55)2)49-21-11-10-20-48(49)40(3)62)44-30-31-60-58(34-44)52-24-14-15-25-59(52)61(60)47-18-8-5-9-19-47/h4-34,36-37,56H,35H2,1-3H3. The number of rotatable bonds is 7. The van der Waals surface area contributed by atoms with Crippen LogP contribution in [-0.2, 0) is 6.42 Å². The van der Waals surface area contributed by atoms with Gasteiger partial charge in [-0.15, -0.1) is 0 Å². The van der Waals surface area contributed by atoms with Crippen molar-refractivity contribution >= 4 is 27.6 Å². The van der Waals surface area contributed by atoms with Crippen LogP contribution < -0.4 is 0 Å². The molecule has 0 bridgehead atoms. The summed E-state index contributed by atoms with van der Waals surface area (Å²) in [5.74, 6) is 0.391. The summed E-state index contributed by atoms with van der Waals surface area (Å²) in [5.41, 5.74) is 22.3. The Hall–Kier alpha value is -7.55. The molecule has 0 saturated carbocycles. The highest BCUT2D eigenvalue weighted by molar-refractivity contribution is 6.11. The molecule has 296 valence electrons. The topological polar surface area (TPSA) is 22.0 Å². The molecule has 0 radical (unpaired) electrons. The lowest BCUT2D eigenvalue weighted by Gasteiger charge is -2.29. The van der Waals surface area contributed by atoms with Crippen molar-refractivity contribution in [2.24, 2.45) is 0 Å². The highest BCUT2D eigenvalue weighted by Crippen LogP contribution is 2.46. The van der Waals surface area contributed by atoms with Gasteiger partial charge in [0.25, 0.3) is 0 Å². The van der Waals surface area contributed by atoms with E-state index in [1.165, 1.54) is 71.9 Å². The SMILES string of the molecule is CC(=O)c1ccccc1-c1cc(-c2ccc3c(c2)c2ccccc2n3-c2ccccc2)cc(-c2cc(-c3ccc4c(c3)-c3ccccc3C(c3ccccc3)C4)ccc2C)c1C. The maximum Gasteiger partial charge on any atom is 0.160 e. The minimum absolute atomic E-state index is 0.0596. The van der Waals surface area contributed by atoms with Crippen LogP contribution in [0.1, 0.15) is 51.0 Å². The third-order valence-corrected chi connectivity index (χ3v) is 13.2. The number of carbonyl (C=O) groups excluding carboxylic acids is 1. The van der Waals surface area contributed by atoms with Gasteiger partial charge >= 0.3 is 0 Å². The summed E-state index contributed by atoms with van der Waals surface area (Å²) in [5, 5.41) is 2.42. The Kier molecular flexibility index (Phi) is 9.16. The Morgan fingerprint density at radius 2 is 1.05 bits per heavy atom. The molecule has 62 heavy (non-hydrogen) atoms. The van der Waals surface area contributed by atoms with E-state index in [2.05, 4.69) is 200 Å². The van der Waals surface area contributed by atoms with Gasteiger partial charge in [0.15, 0.2) is 5.78 Å². The zero-order chi connectivity index (χ0) is 41.9. The molecular formula is C60H45NO. The average Bonchev–Trinajstić information content (AvgIpc) is 3.66. The first-order valence-electron chi connectivity index (χ1n) is 21.6. The Labute approximate surface area is 363 Å². The maximum absolute atomic E-state index is 13.2. The van der Waals surface area contributed by atoms with Gasteiger partial charge in [-0.1, -0.05) is 146 Å². The number of nitrogens with zero attached hydrogens (tertiary/aromatic N) is 1. The molecule has 9 aromatic carbocycles. The van der Waals surface area contributed by atoms with E-state index in [0.717, 1.165) is 51.1 Å². The predicted molar refractivity (Wildman–Crippen MR) is 259 cm³/mol. The van der Waals surface area contributed by atoms with Gasteiger partial charge in [0, 0.05) is 27.9 Å². The molecule has 0 spiro atoms. The highest BCUT2D eigenvalue weighted by atomic mass is 16.1. The second-order valence-corrected chi connectivity index (χ2v) is 16.9. The van der Waals surface area contributed by atoms with E-state index in [-0.39, 0.29) is 5.78 Å². The summed E-state index contributed by atoms with van der Waals surface area (Å²) in [6.07, 6.45) is 0.977. The van der Waals surface area contributed by atoms with Gasteiger partial charge in [-0.25, -0.2) is 0 Å². The molecule has 11 rings (SSSR count). The van der Waals surface area contributed by atoms with Crippen molar-refractivity contribution in [1.82, 2.24) is 4.57 Å². The van der Waals surface area contributed by atoms with Crippen molar-refractivity contribution < 1.29 is 4.79 Å². The van der Waals surface area contributed by atoms with Crippen LogP contribution >= 0.6 is 0 Å². The smallest absolute Gasteiger partial charge is 0.160 e. The van der Waals surface area contributed by atoms with Crippen LogP contribution in [0, 0.1) is 13.8 Å². The Balaban J connectivity index is 1.08. The third kappa shape index (κ3) is 6.30. The zero-order valence-electron chi connectivity index (χ0n) is 35.2. The fourth-order valence-electron chi connectivity index (χ4n) is 10.1. The van der Waals surface area contributed by atoms with Crippen molar-refractivity contribution in [3.8, 4) is 61.3 Å². The molecule has 1 aromatic heterocycles. The summed E-state index contributed by atoms with van der Waals surface area (Å²) in [6, 6.07) is 72.7. The first kappa shape index (κ1) is 37.4. The van der Waals surface area contributed by atoms with E-state index in [4.69, 9.17) is 0 Å². The minimum atomic E-state index is 0.0596. The van der Waals surface area contributed by atoms with Crippen molar-refractivity contribution in [2.45, 2.75) is 33.1 Å². The summed E-state index contributed by atoms with van der Waals surface area (Å²) >= 11 is 0. The molecular weight excluding hydrogens is 751 g/mol. The van der Waals surface area contributed by atoms with Gasteiger partial charge < -0.3 is 4.57 Å². The monoisotopic (exact) mass is 795 g/mol. The van der Waals surface area contributed by atoms with Gasteiger partial charge in [0.1, 0.15) is 0 Å².